The quantitative estimate of drug-likeness (QED) is 0.842. The van der Waals surface area contributed by atoms with Gasteiger partial charge >= 0.3 is 0 Å². The molecule has 0 bridgehead atoms. The molecule has 0 heterocycles. The topological polar surface area (TPSA) is 49.7 Å². The fourth-order valence-electron chi connectivity index (χ4n) is 2.64. The van der Waals surface area contributed by atoms with Gasteiger partial charge in [-0.05, 0) is 46.0 Å². The van der Waals surface area contributed by atoms with E-state index in [0.29, 0.717) is 18.3 Å². The van der Waals surface area contributed by atoms with Crippen LogP contribution in [0.5, 0.6) is 5.75 Å². The number of aliphatic hydroxyl groups is 2. The number of hydrogen-bond donors (Lipinski definition) is 2. The Morgan fingerprint density at radius 2 is 2.05 bits per heavy atom. The summed E-state index contributed by atoms with van der Waals surface area (Å²) in [5.41, 5.74) is 0.839. The minimum absolute atomic E-state index is 0.0170. The van der Waals surface area contributed by atoms with Crippen LogP contribution in [0.4, 0.5) is 0 Å². The lowest BCUT2D eigenvalue weighted by Crippen LogP contribution is -2.20. The molecule has 2 rings (SSSR count). The number of rotatable bonds is 6. The van der Waals surface area contributed by atoms with E-state index >= 15 is 0 Å². The van der Waals surface area contributed by atoms with Gasteiger partial charge < -0.3 is 14.9 Å². The molecule has 19 heavy (non-hydrogen) atoms. The highest BCUT2D eigenvalue weighted by molar-refractivity contribution is 9.10. The average molecular weight is 329 g/mol. The van der Waals surface area contributed by atoms with Gasteiger partial charge in [0.25, 0.3) is 0 Å². The Labute approximate surface area is 122 Å². The molecular weight excluding hydrogens is 308 g/mol. The van der Waals surface area contributed by atoms with Crippen molar-refractivity contribution in [1.29, 1.82) is 0 Å². The van der Waals surface area contributed by atoms with Gasteiger partial charge in [-0.1, -0.05) is 31.7 Å². The Hall–Kier alpha value is -0.580. The molecule has 1 aromatic carbocycles. The Morgan fingerprint density at radius 1 is 1.32 bits per heavy atom. The molecule has 1 fully saturated rings. The molecule has 0 saturated heterocycles. The van der Waals surface area contributed by atoms with E-state index in [9.17, 15) is 5.11 Å². The van der Waals surface area contributed by atoms with E-state index in [0.717, 1.165) is 16.5 Å². The summed E-state index contributed by atoms with van der Waals surface area (Å²) in [6.07, 6.45) is 5.52. The van der Waals surface area contributed by atoms with Crippen LogP contribution in [0.2, 0.25) is 0 Å². The maximum absolute atomic E-state index is 9.98. The summed E-state index contributed by atoms with van der Waals surface area (Å²) in [4.78, 5) is 0. The number of aliphatic hydroxyl groups excluding tert-OH is 2. The van der Waals surface area contributed by atoms with Gasteiger partial charge in [-0.3, -0.25) is 0 Å². The number of benzene rings is 1. The predicted octanol–water partition coefficient (Wildman–Crippen LogP) is 3.26. The van der Waals surface area contributed by atoms with E-state index in [-0.39, 0.29) is 6.61 Å². The van der Waals surface area contributed by atoms with Gasteiger partial charge in [0, 0.05) is 0 Å². The number of ether oxygens (including phenoxy) is 1. The van der Waals surface area contributed by atoms with Crippen LogP contribution in [-0.4, -0.2) is 22.9 Å². The first-order valence-corrected chi connectivity index (χ1v) is 7.68. The summed E-state index contributed by atoms with van der Waals surface area (Å²) < 4.78 is 6.44. The third kappa shape index (κ3) is 4.48. The summed E-state index contributed by atoms with van der Waals surface area (Å²) >= 11 is 3.41. The van der Waals surface area contributed by atoms with E-state index in [1.54, 1.807) is 0 Å². The van der Waals surface area contributed by atoms with Crippen LogP contribution in [0, 0.1) is 5.92 Å². The lowest BCUT2D eigenvalue weighted by molar-refractivity contribution is 0.0852. The van der Waals surface area contributed by atoms with Gasteiger partial charge in [-0.15, -0.1) is 0 Å². The van der Waals surface area contributed by atoms with Gasteiger partial charge in [0.2, 0.25) is 0 Å². The van der Waals surface area contributed by atoms with Crippen LogP contribution < -0.4 is 4.74 Å². The molecule has 0 aliphatic heterocycles. The van der Waals surface area contributed by atoms with Crippen LogP contribution in [0.25, 0.3) is 0 Å². The van der Waals surface area contributed by atoms with Crippen LogP contribution in [0.1, 0.15) is 37.7 Å². The van der Waals surface area contributed by atoms with Crippen molar-refractivity contribution >= 4 is 15.9 Å². The zero-order chi connectivity index (χ0) is 13.7. The molecule has 4 heteroatoms. The fourth-order valence-corrected chi connectivity index (χ4v) is 3.19. The predicted molar refractivity (Wildman–Crippen MR) is 78.1 cm³/mol. The first-order valence-electron chi connectivity index (χ1n) is 6.89. The first kappa shape index (κ1) is 14.8. The standard InChI is InChI=1S/C15H21BrO3/c16-14-8-12(9-17)5-6-15(14)19-10-13(18)7-11-3-1-2-4-11/h5-6,8,11,13,17-18H,1-4,7,9-10H2. The van der Waals surface area contributed by atoms with Crippen LogP contribution >= 0.6 is 15.9 Å². The molecule has 1 unspecified atom stereocenters. The molecule has 1 saturated carbocycles. The van der Waals surface area contributed by atoms with Crippen molar-refractivity contribution in [2.24, 2.45) is 5.92 Å². The zero-order valence-electron chi connectivity index (χ0n) is 11.0. The molecule has 0 radical (unpaired) electrons. The van der Waals surface area contributed by atoms with E-state index in [1.165, 1.54) is 25.7 Å². The number of halogens is 1. The van der Waals surface area contributed by atoms with E-state index in [4.69, 9.17) is 9.84 Å². The monoisotopic (exact) mass is 328 g/mol. The molecular formula is C15H21BrO3. The van der Waals surface area contributed by atoms with Gasteiger partial charge in [-0.2, -0.15) is 0 Å². The molecule has 1 aliphatic carbocycles. The SMILES string of the molecule is OCc1ccc(OCC(O)CC2CCCC2)c(Br)c1. The molecule has 1 aliphatic rings. The highest BCUT2D eigenvalue weighted by Crippen LogP contribution is 2.29. The Morgan fingerprint density at radius 3 is 2.68 bits per heavy atom. The van der Waals surface area contributed by atoms with Crippen molar-refractivity contribution in [2.75, 3.05) is 6.61 Å². The Balaban J connectivity index is 1.80. The molecule has 0 amide bonds. The van der Waals surface area contributed by atoms with Gasteiger partial charge in [-0.25, -0.2) is 0 Å². The zero-order valence-corrected chi connectivity index (χ0v) is 12.6. The molecule has 3 nitrogen and oxygen atoms in total. The fraction of sp³-hybridized carbons (Fsp3) is 0.600. The summed E-state index contributed by atoms with van der Waals surface area (Å²) in [5, 5.41) is 19.0. The maximum atomic E-state index is 9.98. The van der Waals surface area contributed by atoms with Crippen molar-refractivity contribution in [2.45, 2.75) is 44.8 Å². The summed E-state index contributed by atoms with van der Waals surface area (Å²) in [5.74, 6) is 1.38. The lowest BCUT2D eigenvalue weighted by Gasteiger charge is -2.16. The van der Waals surface area contributed by atoms with Crippen molar-refractivity contribution < 1.29 is 14.9 Å². The second-order valence-corrected chi connectivity index (χ2v) is 6.13. The van der Waals surface area contributed by atoms with E-state index in [2.05, 4.69) is 15.9 Å². The summed E-state index contributed by atoms with van der Waals surface area (Å²) in [6, 6.07) is 5.47. The second-order valence-electron chi connectivity index (χ2n) is 5.27. The van der Waals surface area contributed by atoms with Crippen LogP contribution in [-0.2, 0) is 6.61 Å². The highest BCUT2D eigenvalue weighted by atomic mass is 79.9. The highest BCUT2D eigenvalue weighted by Gasteiger charge is 2.19. The second kappa shape index (κ2) is 7.27. The van der Waals surface area contributed by atoms with Gasteiger partial charge in [0.05, 0.1) is 17.2 Å². The molecule has 1 atom stereocenters. The smallest absolute Gasteiger partial charge is 0.133 e. The van der Waals surface area contributed by atoms with E-state index in [1.807, 2.05) is 18.2 Å². The first-order chi connectivity index (χ1) is 9.19. The largest absolute Gasteiger partial charge is 0.490 e. The molecule has 1 aromatic rings. The molecule has 0 spiro atoms. The minimum atomic E-state index is -0.396. The normalized spacial score (nSPS) is 17.6. The summed E-state index contributed by atoms with van der Waals surface area (Å²) in [7, 11) is 0. The van der Waals surface area contributed by atoms with Gasteiger partial charge in [0.1, 0.15) is 12.4 Å². The maximum Gasteiger partial charge on any atom is 0.133 e. The lowest BCUT2D eigenvalue weighted by atomic mass is 10.0. The molecule has 2 N–H and O–H groups in total. The third-order valence-electron chi connectivity index (χ3n) is 3.69. The van der Waals surface area contributed by atoms with Crippen molar-refractivity contribution in [3.8, 4) is 5.75 Å². The molecule has 0 aromatic heterocycles. The minimum Gasteiger partial charge on any atom is -0.490 e. The average Bonchev–Trinajstić information content (AvgIpc) is 2.90. The van der Waals surface area contributed by atoms with Crippen molar-refractivity contribution in [3.63, 3.8) is 0 Å². The molecule has 106 valence electrons. The van der Waals surface area contributed by atoms with Crippen molar-refractivity contribution in [1.82, 2.24) is 0 Å². The van der Waals surface area contributed by atoms with E-state index < -0.39 is 6.10 Å². The number of hydrogen-bond acceptors (Lipinski definition) is 3. The van der Waals surface area contributed by atoms with Crippen LogP contribution in [0.3, 0.4) is 0 Å². The van der Waals surface area contributed by atoms with Crippen molar-refractivity contribution in [3.05, 3.63) is 28.2 Å². The third-order valence-corrected chi connectivity index (χ3v) is 4.31. The Bertz CT molecular complexity index is 402. The van der Waals surface area contributed by atoms with Crippen LogP contribution in [0.15, 0.2) is 22.7 Å². The van der Waals surface area contributed by atoms with Gasteiger partial charge in [0.15, 0.2) is 0 Å². The Kier molecular flexibility index (Phi) is 5.67. The summed E-state index contributed by atoms with van der Waals surface area (Å²) in [6.45, 7) is 0.344.